The highest BCUT2D eigenvalue weighted by molar-refractivity contribution is 5.99. The third-order valence-corrected chi connectivity index (χ3v) is 6.92. The van der Waals surface area contributed by atoms with Crippen LogP contribution in [-0.4, -0.2) is 53.3 Å². The van der Waals surface area contributed by atoms with Gasteiger partial charge in [0.05, 0.1) is 77.8 Å². The molecule has 4 aromatic heterocycles. The van der Waals surface area contributed by atoms with Gasteiger partial charge in [0.15, 0.2) is 0 Å². The van der Waals surface area contributed by atoms with Gasteiger partial charge in [0.1, 0.15) is 17.4 Å². The van der Waals surface area contributed by atoms with Crippen LogP contribution in [0.15, 0.2) is 67.3 Å². The second-order valence-corrected chi connectivity index (χ2v) is 9.35. The van der Waals surface area contributed by atoms with Crippen molar-refractivity contribution < 1.29 is 18.3 Å². The summed E-state index contributed by atoms with van der Waals surface area (Å²) < 4.78 is 40.9. The van der Waals surface area contributed by atoms with Gasteiger partial charge in [-0.3, -0.25) is 15.0 Å². The topological polar surface area (TPSA) is 85.3 Å². The van der Waals surface area contributed by atoms with Crippen LogP contribution in [0.2, 0.25) is 0 Å². The summed E-state index contributed by atoms with van der Waals surface area (Å²) in [5.74, 6) is -0.894. The maximum atomic E-state index is 15.4. The minimum Gasteiger partial charge on any atom is -0.494 e. The third-order valence-electron chi connectivity index (χ3n) is 6.92. The SMILES string of the molecule is COc1cnccc1-c1ncc(N2CCOCC2)cc1Nc1c(C)c(-c2ccccn2)nc2cc(F)cc(F)c12. The minimum absolute atomic E-state index is 0.169. The molecule has 1 aliphatic heterocycles. The number of halogens is 2. The number of nitrogens with one attached hydrogen (secondary N) is 1. The Morgan fingerprint density at radius 2 is 1.82 bits per heavy atom. The maximum Gasteiger partial charge on any atom is 0.146 e. The van der Waals surface area contributed by atoms with E-state index in [-0.39, 0.29) is 10.9 Å². The van der Waals surface area contributed by atoms with E-state index in [1.54, 1.807) is 38.0 Å². The highest BCUT2D eigenvalue weighted by Crippen LogP contribution is 2.41. The lowest BCUT2D eigenvalue weighted by molar-refractivity contribution is 0.122. The van der Waals surface area contributed by atoms with Crippen molar-refractivity contribution in [1.29, 1.82) is 0 Å². The molecule has 1 N–H and O–H groups in total. The number of fused-ring (bicyclic) bond motifs is 1. The van der Waals surface area contributed by atoms with Crippen LogP contribution in [0, 0.1) is 18.6 Å². The summed E-state index contributed by atoms with van der Waals surface area (Å²) in [6, 6.07) is 11.3. The molecule has 0 saturated carbocycles. The van der Waals surface area contributed by atoms with Crippen molar-refractivity contribution >= 4 is 28.0 Å². The summed E-state index contributed by atoms with van der Waals surface area (Å²) in [5.41, 5.74) is 5.16. The van der Waals surface area contributed by atoms with Crippen LogP contribution in [0.1, 0.15) is 5.56 Å². The van der Waals surface area contributed by atoms with Gasteiger partial charge in [-0.05, 0) is 31.2 Å². The molecule has 0 bridgehead atoms. The fourth-order valence-electron chi connectivity index (χ4n) is 4.95. The van der Waals surface area contributed by atoms with E-state index in [4.69, 9.17) is 14.5 Å². The average Bonchev–Trinajstić information content (AvgIpc) is 2.99. The van der Waals surface area contributed by atoms with Crippen LogP contribution >= 0.6 is 0 Å². The Morgan fingerprint density at radius 1 is 0.975 bits per heavy atom. The Morgan fingerprint density at radius 3 is 2.60 bits per heavy atom. The second-order valence-electron chi connectivity index (χ2n) is 9.35. The lowest BCUT2D eigenvalue weighted by Gasteiger charge is -2.29. The molecule has 1 aliphatic rings. The molecule has 0 atom stereocenters. The van der Waals surface area contributed by atoms with Crippen LogP contribution in [0.25, 0.3) is 33.5 Å². The Hall–Kier alpha value is -4.70. The number of hydrogen-bond donors (Lipinski definition) is 1. The molecule has 0 amide bonds. The van der Waals surface area contributed by atoms with Gasteiger partial charge in [-0.2, -0.15) is 0 Å². The van der Waals surface area contributed by atoms with Crippen molar-refractivity contribution in [2.45, 2.75) is 6.92 Å². The van der Waals surface area contributed by atoms with E-state index < -0.39 is 11.6 Å². The fraction of sp³-hybridized carbons (Fsp3) is 0.200. The third kappa shape index (κ3) is 4.77. The van der Waals surface area contributed by atoms with Crippen LogP contribution in [0.4, 0.5) is 25.8 Å². The standard InChI is InChI=1S/C30H26F2N6O2/c1-18-28(23-5-3-4-7-34-23)36-24-14-19(31)13-22(32)27(24)29(18)37-25-15-20(38-9-11-40-12-10-38)16-35-30(25)21-6-8-33-17-26(21)39-2/h3-8,13-17H,9-12H2,1-2H3,(H,36,37). The van der Waals surface area contributed by atoms with Crippen molar-refractivity contribution in [1.82, 2.24) is 19.9 Å². The number of rotatable bonds is 6. The van der Waals surface area contributed by atoms with Gasteiger partial charge < -0.3 is 19.7 Å². The molecule has 0 unspecified atom stereocenters. The summed E-state index contributed by atoms with van der Waals surface area (Å²) in [6.45, 7) is 4.50. The number of benzene rings is 1. The van der Waals surface area contributed by atoms with E-state index in [9.17, 15) is 4.39 Å². The number of aromatic nitrogens is 4. The zero-order valence-corrected chi connectivity index (χ0v) is 22.0. The highest BCUT2D eigenvalue weighted by Gasteiger charge is 2.22. The molecule has 0 radical (unpaired) electrons. The summed E-state index contributed by atoms with van der Waals surface area (Å²) in [5, 5.41) is 3.63. The van der Waals surface area contributed by atoms with E-state index in [0.717, 1.165) is 11.8 Å². The monoisotopic (exact) mass is 540 g/mol. The van der Waals surface area contributed by atoms with E-state index in [1.807, 2.05) is 31.2 Å². The lowest BCUT2D eigenvalue weighted by atomic mass is 10.0. The summed E-state index contributed by atoms with van der Waals surface area (Å²) in [6.07, 6.45) is 6.74. The molecule has 5 aromatic rings. The van der Waals surface area contributed by atoms with Crippen molar-refractivity contribution in [3.63, 3.8) is 0 Å². The normalized spacial score (nSPS) is 13.4. The number of pyridine rings is 4. The van der Waals surface area contributed by atoms with Gasteiger partial charge >= 0.3 is 0 Å². The Balaban J connectivity index is 1.58. The van der Waals surface area contributed by atoms with Crippen molar-refractivity contribution in [3.8, 4) is 28.4 Å². The van der Waals surface area contributed by atoms with Gasteiger partial charge in [-0.25, -0.2) is 13.8 Å². The highest BCUT2D eigenvalue weighted by atomic mass is 19.1. The Labute approximate surface area is 229 Å². The van der Waals surface area contributed by atoms with Crippen LogP contribution in [-0.2, 0) is 4.74 Å². The summed E-state index contributed by atoms with van der Waals surface area (Å²) in [7, 11) is 1.57. The molecule has 5 heterocycles. The van der Waals surface area contributed by atoms with Gasteiger partial charge in [-0.15, -0.1) is 0 Å². The number of hydrogen-bond acceptors (Lipinski definition) is 8. The van der Waals surface area contributed by atoms with E-state index in [2.05, 4.69) is 25.2 Å². The first-order valence-corrected chi connectivity index (χ1v) is 12.8. The molecular formula is C30H26F2N6O2. The first-order valence-electron chi connectivity index (χ1n) is 12.8. The first kappa shape index (κ1) is 25.6. The molecule has 10 heteroatoms. The molecule has 0 aliphatic carbocycles. The molecule has 202 valence electrons. The number of methoxy groups -OCH3 is 1. The fourth-order valence-corrected chi connectivity index (χ4v) is 4.95. The summed E-state index contributed by atoms with van der Waals surface area (Å²) >= 11 is 0. The van der Waals surface area contributed by atoms with Gasteiger partial charge in [0.25, 0.3) is 0 Å². The molecule has 0 spiro atoms. The minimum atomic E-state index is -0.721. The average molecular weight is 541 g/mol. The Kier molecular flexibility index (Phi) is 6.91. The van der Waals surface area contributed by atoms with E-state index >= 15 is 4.39 Å². The molecule has 40 heavy (non-hydrogen) atoms. The quantitative estimate of drug-likeness (QED) is 0.284. The largest absolute Gasteiger partial charge is 0.494 e. The van der Waals surface area contributed by atoms with E-state index in [1.165, 1.54) is 6.07 Å². The number of nitrogens with zero attached hydrogens (tertiary/aromatic N) is 5. The number of anilines is 3. The predicted molar refractivity (Wildman–Crippen MR) is 150 cm³/mol. The maximum absolute atomic E-state index is 15.4. The van der Waals surface area contributed by atoms with Gasteiger partial charge in [0, 0.05) is 48.7 Å². The molecule has 6 rings (SSSR count). The number of ether oxygens (including phenoxy) is 2. The predicted octanol–water partition coefficient (Wildman–Crippen LogP) is 5.93. The van der Waals surface area contributed by atoms with Gasteiger partial charge in [0.2, 0.25) is 0 Å². The zero-order valence-electron chi connectivity index (χ0n) is 22.0. The van der Waals surface area contributed by atoms with Crippen molar-refractivity contribution in [2.75, 3.05) is 43.6 Å². The molecule has 1 saturated heterocycles. The molecule has 1 fully saturated rings. The van der Waals surface area contributed by atoms with Crippen molar-refractivity contribution in [2.24, 2.45) is 0 Å². The van der Waals surface area contributed by atoms with Gasteiger partial charge in [-0.1, -0.05) is 6.07 Å². The lowest BCUT2D eigenvalue weighted by Crippen LogP contribution is -2.36. The van der Waals surface area contributed by atoms with Crippen LogP contribution < -0.4 is 15.0 Å². The second kappa shape index (κ2) is 10.8. The summed E-state index contributed by atoms with van der Waals surface area (Å²) in [4.78, 5) is 20.2. The molecule has 1 aromatic carbocycles. The van der Waals surface area contributed by atoms with Crippen molar-refractivity contribution in [3.05, 3.63) is 84.4 Å². The van der Waals surface area contributed by atoms with Crippen LogP contribution in [0.3, 0.4) is 0 Å². The smallest absolute Gasteiger partial charge is 0.146 e. The zero-order chi connectivity index (χ0) is 27.6. The Bertz CT molecular complexity index is 1690. The number of morpholine rings is 1. The molecule has 8 nitrogen and oxygen atoms in total. The first-order chi connectivity index (χ1) is 19.5. The van der Waals surface area contributed by atoms with Crippen LogP contribution in [0.5, 0.6) is 5.75 Å². The van der Waals surface area contributed by atoms with E-state index in [0.29, 0.717) is 71.6 Å². The molecular weight excluding hydrogens is 514 g/mol.